The Hall–Kier alpha value is -3.06. The number of amides is 2. The average molecular weight is 377 g/mol. The number of aryl methyl sites for hydroxylation is 1. The van der Waals surface area contributed by atoms with E-state index in [1.54, 1.807) is 18.2 Å². The van der Waals surface area contributed by atoms with Gasteiger partial charge >= 0.3 is 5.97 Å². The lowest BCUT2D eigenvalue weighted by Gasteiger charge is -2.10. The van der Waals surface area contributed by atoms with Crippen LogP contribution in [0.4, 0.5) is 0 Å². The molecule has 0 aliphatic carbocycles. The summed E-state index contributed by atoms with van der Waals surface area (Å²) in [7, 11) is 1.27. The Balaban J connectivity index is 1.81. The molecule has 8 heteroatoms. The van der Waals surface area contributed by atoms with Gasteiger partial charge in [0.15, 0.2) is 6.61 Å². The third kappa shape index (κ3) is 5.22. The summed E-state index contributed by atoms with van der Waals surface area (Å²) in [6, 6.07) is 10.8. The molecular weight excluding hydrogens is 360 g/mol. The maximum Gasteiger partial charge on any atom is 0.337 e. The van der Waals surface area contributed by atoms with Crippen LogP contribution in [0, 0.1) is 6.92 Å². The maximum atomic E-state index is 12.0. The Morgan fingerprint density at radius 1 is 1.00 bits per heavy atom. The van der Waals surface area contributed by atoms with Crippen molar-refractivity contribution >= 4 is 29.4 Å². The van der Waals surface area contributed by atoms with Crippen molar-refractivity contribution in [3.63, 3.8) is 0 Å². The molecule has 0 saturated heterocycles. The summed E-state index contributed by atoms with van der Waals surface area (Å²) in [5.41, 5.74) is 5.92. The second-order valence-corrected chi connectivity index (χ2v) is 5.68. The number of carbonyl (C=O) groups is 3. The predicted octanol–water partition coefficient (Wildman–Crippen LogP) is 2.28. The van der Waals surface area contributed by atoms with Crippen molar-refractivity contribution in [1.82, 2.24) is 10.9 Å². The molecule has 0 fully saturated rings. The first-order valence-corrected chi connectivity index (χ1v) is 7.95. The number of methoxy groups -OCH3 is 1. The molecule has 2 N–H and O–H groups in total. The van der Waals surface area contributed by atoms with Crippen molar-refractivity contribution in [3.8, 4) is 5.75 Å². The zero-order chi connectivity index (χ0) is 19.1. The van der Waals surface area contributed by atoms with E-state index in [-0.39, 0.29) is 12.2 Å². The predicted molar refractivity (Wildman–Crippen MR) is 95.1 cm³/mol. The molecule has 0 aliphatic heterocycles. The molecule has 136 valence electrons. The largest absolute Gasteiger partial charge is 0.484 e. The van der Waals surface area contributed by atoms with Gasteiger partial charge < -0.3 is 9.47 Å². The summed E-state index contributed by atoms with van der Waals surface area (Å²) < 4.78 is 9.90. The number of benzene rings is 2. The van der Waals surface area contributed by atoms with Crippen LogP contribution in [0.25, 0.3) is 0 Å². The van der Waals surface area contributed by atoms with E-state index in [9.17, 15) is 14.4 Å². The zero-order valence-corrected chi connectivity index (χ0v) is 14.9. The van der Waals surface area contributed by atoms with Crippen molar-refractivity contribution < 1.29 is 23.9 Å². The second kappa shape index (κ2) is 8.87. The number of esters is 1. The normalized spacial score (nSPS) is 9.96. The van der Waals surface area contributed by atoms with Gasteiger partial charge in [-0.15, -0.1) is 0 Å². The highest BCUT2D eigenvalue weighted by Crippen LogP contribution is 2.20. The Kier molecular flexibility index (Phi) is 6.57. The van der Waals surface area contributed by atoms with Crippen LogP contribution in [0.2, 0.25) is 5.02 Å². The molecule has 2 aromatic carbocycles. The van der Waals surface area contributed by atoms with Crippen LogP contribution >= 0.6 is 11.6 Å². The van der Waals surface area contributed by atoms with Gasteiger partial charge in [-0.1, -0.05) is 11.6 Å². The Labute approximate surface area is 155 Å². The lowest BCUT2D eigenvalue weighted by atomic mass is 10.1. The number of hydrazine groups is 1. The number of carbonyl (C=O) groups excluding carboxylic acids is 3. The molecule has 0 unspecified atom stereocenters. The van der Waals surface area contributed by atoms with E-state index in [0.29, 0.717) is 16.3 Å². The SMILES string of the molecule is COC(=O)c1ccc(C(=O)NNC(=O)COc2ccc(Cl)c(C)c2)cc1. The molecular formula is C18H17ClN2O5. The molecule has 0 radical (unpaired) electrons. The van der Waals surface area contributed by atoms with E-state index in [4.69, 9.17) is 16.3 Å². The molecule has 2 rings (SSSR count). The van der Waals surface area contributed by atoms with E-state index >= 15 is 0 Å². The Bertz CT molecular complexity index is 821. The lowest BCUT2D eigenvalue weighted by Crippen LogP contribution is -2.43. The van der Waals surface area contributed by atoms with Crippen LogP contribution in [0.1, 0.15) is 26.3 Å². The fraction of sp³-hybridized carbons (Fsp3) is 0.167. The van der Waals surface area contributed by atoms with Crippen molar-refractivity contribution in [3.05, 3.63) is 64.2 Å². The van der Waals surface area contributed by atoms with Gasteiger partial charge in [-0.2, -0.15) is 0 Å². The van der Waals surface area contributed by atoms with Crippen molar-refractivity contribution in [2.75, 3.05) is 13.7 Å². The average Bonchev–Trinajstić information content (AvgIpc) is 2.66. The molecule has 0 saturated carbocycles. The maximum absolute atomic E-state index is 12.0. The number of hydrogen-bond donors (Lipinski definition) is 2. The molecule has 2 aromatic rings. The first-order chi connectivity index (χ1) is 12.4. The van der Waals surface area contributed by atoms with Gasteiger partial charge in [0.05, 0.1) is 12.7 Å². The van der Waals surface area contributed by atoms with Gasteiger partial charge in [0, 0.05) is 10.6 Å². The van der Waals surface area contributed by atoms with Crippen LogP contribution < -0.4 is 15.6 Å². The molecule has 7 nitrogen and oxygen atoms in total. The van der Waals surface area contributed by atoms with Crippen LogP contribution in [0.5, 0.6) is 5.75 Å². The highest BCUT2D eigenvalue weighted by atomic mass is 35.5. The van der Waals surface area contributed by atoms with E-state index in [1.165, 1.54) is 31.4 Å². The van der Waals surface area contributed by atoms with Gasteiger partial charge in [0.1, 0.15) is 5.75 Å². The summed E-state index contributed by atoms with van der Waals surface area (Å²) in [6.45, 7) is 1.55. The topological polar surface area (TPSA) is 93.7 Å². The molecule has 0 aromatic heterocycles. The molecule has 0 heterocycles. The van der Waals surface area contributed by atoms with Gasteiger partial charge in [-0.25, -0.2) is 4.79 Å². The second-order valence-electron chi connectivity index (χ2n) is 5.27. The fourth-order valence-corrected chi connectivity index (χ4v) is 2.08. The third-order valence-corrected chi connectivity index (χ3v) is 3.81. The quantitative estimate of drug-likeness (QED) is 0.616. The van der Waals surface area contributed by atoms with Gasteiger partial charge in [0.25, 0.3) is 11.8 Å². The fourth-order valence-electron chi connectivity index (χ4n) is 1.97. The van der Waals surface area contributed by atoms with Gasteiger partial charge in [0.2, 0.25) is 0 Å². The summed E-state index contributed by atoms with van der Waals surface area (Å²) in [4.78, 5) is 35.0. The molecule has 26 heavy (non-hydrogen) atoms. The van der Waals surface area contributed by atoms with Crippen LogP contribution in [-0.2, 0) is 9.53 Å². The third-order valence-electron chi connectivity index (χ3n) is 3.38. The first kappa shape index (κ1) is 19.3. The van der Waals surface area contributed by atoms with Gasteiger partial charge in [-0.05, 0) is 55.0 Å². The summed E-state index contributed by atoms with van der Waals surface area (Å²) in [5.74, 6) is -1.07. The monoisotopic (exact) mass is 376 g/mol. The first-order valence-electron chi connectivity index (χ1n) is 7.57. The van der Waals surface area contributed by atoms with E-state index in [0.717, 1.165) is 5.56 Å². The zero-order valence-electron chi connectivity index (χ0n) is 14.2. The smallest absolute Gasteiger partial charge is 0.337 e. The Morgan fingerprint density at radius 2 is 1.65 bits per heavy atom. The standard InChI is InChI=1S/C18H17ClN2O5/c1-11-9-14(7-8-15(11)19)26-10-16(22)20-21-17(23)12-3-5-13(6-4-12)18(24)25-2/h3-9H,10H2,1-2H3,(H,20,22)(H,21,23). The van der Waals surface area contributed by atoms with Crippen molar-refractivity contribution in [2.45, 2.75) is 6.92 Å². The molecule has 2 amide bonds. The summed E-state index contributed by atoms with van der Waals surface area (Å²) >= 11 is 5.91. The lowest BCUT2D eigenvalue weighted by molar-refractivity contribution is -0.123. The molecule has 0 atom stereocenters. The number of hydrogen-bond acceptors (Lipinski definition) is 5. The number of rotatable bonds is 5. The van der Waals surface area contributed by atoms with Gasteiger partial charge in [-0.3, -0.25) is 20.4 Å². The minimum absolute atomic E-state index is 0.271. The molecule has 0 aliphatic rings. The van der Waals surface area contributed by atoms with E-state index in [2.05, 4.69) is 15.6 Å². The minimum atomic E-state index is -0.530. The van der Waals surface area contributed by atoms with Crippen molar-refractivity contribution in [2.24, 2.45) is 0 Å². The number of halogens is 1. The van der Waals surface area contributed by atoms with Crippen LogP contribution in [0.3, 0.4) is 0 Å². The van der Waals surface area contributed by atoms with Crippen LogP contribution in [-0.4, -0.2) is 31.5 Å². The highest BCUT2D eigenvalue weighted by molar-refractivity contribution is 6.31. The van der Waals surface area contributed by atoms with Crippen LogP contribution in [0.15, 0.2) is 42.5 Å². The highest BCUT2D eigenvalue weighted by Gasteiger charge is 2.10. The van der Waals surface area contributed by atoms with E-state index < -0.39 is 17.8 Å². The molecule has 0 bridgehead atoms. The van der Waals surface area contributed by atoms with E-state index in [1.807, 2.05) is 6.92 Å². The summed E-state index contributed by atoms with van der Waals surface area (Å²) in [6.07, 6.45) is 0. The Morgan fingerprint density at radius 3 is 2.27 bits per heavy atom. The molecule has 0 spiro atoms. The van der Waals surface area contributed by atoms with Crippen molar-refractivity contribution in [1.29, 1.82) is 0 Å². The minimum Gasteiger partial charge on any atom is -0.484 e. The number of nitrogens with one attached hydrogen (secondary N) is 2. The summed E-state index contributed by atoms with van der Waals surface area (Å²) in [5, 5.41) is 0.604. The number of ether oxygens (including phenoxy) is 2.